The van der Waals surface area contributed by atoms with Crippen LogP contribution in [0, 0.1) is 5.21 Å². The molecule has 0 radical (unpaired) electrons. The molecule has 0 saturated heterocycles. The van der Waals surface area contributed by atoms with Crippen molar-refractivity contribution in [3.05, 3.63) is 29.0 Å². The lowest BCUT2D eigenvalue weighted by Gasteiger charge is -2.20. The quantitative estimate of drug-likeness (QED) is 0.588. The van der Waals surface area contributed by atoms with Crippen molar-refractivity contribution < 1.29 is 4.85 Å². The predicted octanol–water partition coefficient (Wildman–Crippen LogP) is 3.09. The molecule has 0 fully saturated rings. The summed E-state index contributed by atoms with van der Waals surface area (Å²) >= 11 is 0. The van der Waals surface area contributed by atoms with Gasteiger partial charge in [-0.3, -0.25) is 0 Å². The van der Waals surface area contributed by atoms with Crippen molar-refractivity contribution >= 4 is 17.0 Å². The van der Waals surface area contributed by atoms with Crippen LogP contribution in [0.5, 0.6) is 0 Å². The van der Waals surface area contributed by atoms with Gasteiger partial charge in [-0.15, -0.1) is 0 Å². The zero-order chi connectivity index (χ0) is 18.4. The Kier molecular flexibility index (Phi) is 6.53. The average Bonchev–Trinajstić information content (AvgIpc) is 2.54. The highest BCUT2D eigenvalue weighted by Gasteiger charge is 2.18. The third kappa shape index (κ3) is 5.26. The number of fused-ring (bicyclic) bond motifs is 1. The maximum absolute atomic E-state index is 12.2. The molecular formula is C19H31N5O. The van der Waals surface area contributed by atoms with E-state index in [-0.39, 0.29) is 5.41 Å². The third-order valence-electron chi connectivity index (χ3n) is 4.25. The SMILES string of the molecule is CCCN(CCC)CCNc1nc2cc(C(C)(C)C)ccc2[n+]([O-])n1. The lowest BCUT2D eigenvalue weighted by molar-refractivity contribution is -0.641. The van der Waals surface area contributed by atoms with Crippen LogP contribution in [0.2, 0.25) is 0 Å². The van der Waals surface area contributed by atoms with Crippen LogP contribution in [0.25, 0.3) is 11.0 Å². The van der Waals surface area contributed by atoms with Gasteiger partial charge in [-0.1, -0.05) is 40.7 Å². The Morgan fingerprint density at radius 2 is 1.80 bits per heavy atom. The first-order valence-electron chi connectivity index (χ1n) is 9.23. The fourth-order valence-electron chi connectivity index (χ4n) is 2.89. The van der Waals surface area contributed by atoms with Crippen molar-refractivity contribution in [3.8, 4) is 0 Å². The zero-order valence-electron chi connectivity index (χ0n) is 16.2. The fourth-order valence-corrected chi connectivity index (χ4v) is 2.89. The Morgan fingerprint density at radius 3 is 2.40 bits per heavy atom. The molecule has 0 amide bonds. The Morgan fingerprint density at radius 1 is 1.12 bits per heavy atom. The van der Waals surface area contributed by atoms with Crippen LogP contribution in [-0.4, -0.2) is 41.2 Å². The number of aromatic nitrogens is 3. The molecule has 1 aromatic heterocycles. The first-order chi connectivity index (χ1) is 11.8. The molecule has 1 heterocycles. The predicted molar refractivity (Wildman–Crippen MR) is 103 cm³/mol. The molecule has 0 atom stereocenters. The molecule has 6 heteroatoms. The molecule has 2 aromatic rings. The normalized spacial score (nSPS) is 12.1. The van der Waals surface area contributed by atoms with Gasteiger partial charge in [0.15, 0.2) is 0 Å². The maximum Gasteiger partial charge on any atom is 0.290 e. The summed E-state index contributed by atoms with van der Waals surface area (Å²) in [5, 5.41) is 19.4. The fraction of sp³-hybridized carbons (Fsp3) is 0.632. The third-order valence-corrected chi connectivity index (χ3v) is 4.25. The van der Waals surface area contributed by atoms with E-state index >= 15 is 0 Å². The highest BCUT2D eigenvalue weighted by atomic mass is 16.5. The summed E-state index contributed by atoms with van der Waals surface area (Å²) in [5.74, 6) is 0.390. The summed E-state index contributed by atoms with van der Waals surface area (Å²) in [5.41, 5.74) is 2.35. The Hall–Kier alpha value is -1.95. The largest absolute Gasteiger partial charge is 0.594 e. The Balaban J connectivity index is 2.13. The molecule has 0 aliphatic heterocycles. The van der Waals surface area contributed by atoms with Crippen molar-refractivity contribution in [2.75, 3.05) is 31.5 Å². The molecule has 0 spiro atoms. The highest BCUT2D eigenvalue weighted by molar-refractivity contribution is 5.73. The standard InChI is InChI=1S/C19H31N5O/c1-6-11-23(12-7-2)13-10-20-18-21-16-14-15(19(3,4)5)8-9-17(16)24(25)22-18/h8-9,14H,6-7,10-13H2,1-5H3,(H,20,21,22). The lowest BCUT2D eigenvalue weighted by Crippen LogP contribution is -2.35. The van der Waals surface area contributed by atoms with Crippen molar-refractivity contribution in [3.63, 3.8) is 0 Å². The van der Waals surface area contributed by atoms with Gasteiger partial charge >= 0.3 is 0 Å². The number of rotatable bonds is 8. The molecule has 0 unspecified atom stereocenters. The molecule has 0 saturated carbocycles. The molecule has 2 rings (SSSR count). The Bertz CT molecular complexity index is 690. The molecule has 0 aliphatic carbocycles. The van der Waals surface area contributed by atoms with Crippen molar-refractivity contribution in [2.45, 2.75) is 52.9 Å². The number of anilines is 1. The molecule has 138 valence electrons. The van der Waals surface area contributed by atoms with Gasteiger partial charge in [0.05, 0.1) is 5.10 Å². The van der Waals surface area contributed by atoms with E-state index in [9.17, 15) is 5.21 Å². The minimum atomic E-state index is 0.0151. The smallest absolute Gasteiger partial charge is 0.290 e. The summed E-state index contributed by atoms with van der Waals surface area (Å²) < 4.78 is 0. The van der Waals surface area contributed by atoms with E-state index < -0.39 is 0 Å². The van der Waals surface area contributed by atoms with Crippen LogP contribution >= 0.6 is 0 Å². The van der Waals surface area contributed by atoms with Gasteiger partial charge in [0, 0.05) is 19.2 Å². The molecular weight excluding hydrogens is 314 g/mol. The minimum Gasteiger partial charge on any atom is -0.594 e. The van der Waals surface area contributed by atoms with E-state index in [4.69, 9.17) is 0 Å². The van der Waals surface area contributed by atoms with Crippen LogP contribution in [0.4, 0.5) is 5.95 Å². The van der Waals surface area contributed by atoms with Crippen LogP contribution < -0.4 is 10.2 Å². The van der Waals surface area contributed by atoms with Gasteiger partial charge in [0.1, 0.15) is 5.52 Å². The van der Waals surface area contributed by atoms with Gasteiger partial charge in [0.25, 0.3) is 11.5 Å². The lowest BCUT2D eigenvalue weighted by atomic mass is 9.87. The Labute approximate surface area is 150 Å². The molecule has 0 aliphatic rings. The summed E-state index contributed by atoms with van der Waals surface area (Å²) in [7, 11) is 0. The van der Waals surface area contributed by atoms with E-state index in [1.807, 2.05) is 12.1 Å². The molecule has 0 bridgehead atoms. The van der Waals surface area contributed by atoms with Gasteiger partial charge in [-0.2, -0.15) is 0 Å². The topological polar surface area (TPSA) is 68.0 Å². The molecule has 1 N–H and O–H groups in total. The number of hydrogen-bond acceptors (Lipinski definition) is 5. The van der Waals surface area contributed by atoms with E-state index in [1.54, 1.807) is 6.07 Å². The summed E-state index contributed by atoms with van der Waals surface area (Å²) in [6.45, 7) is 14.6. The monoisotopic (exact) mass is 345 g/mol. The summed E-state index contributed by atoms with van der Waals surface area (Å²) in [6.07, 6.45) is 2.28. The van der Waals surface area contributed by atoms with Crippen LogP contribution in [-0.2, 0) is 5.41 Å². The number of benzene rings is 1. The second kappa shape index (κ2) is 8.43. The molecule has 25 heavy (non-hydrogen) atoms. The van der Waals surface area contributed by atoms with Gasteiger partial charge < -0.3 is 15.4 Å². The molecule has 6 nitrogen and oxygen atoms in total. The van der Waals surface area contributed by atoms with Crippen molar-refractivity contribution in [2.24, 2.45) is 0 Å². The van der Waals surface area contributed by atoms with Gasteiger partial charge in [0.2, 0.25) is 0 Å². The van der Waals surface area contributed by atoms with Crippen LogP contribution in [0.3, 0.4) is 0 Å². The van der Waals surface area contributed by atoms with Crippen LogP contribution in [0.1, 0.15) is 53.0 Å². The van der Waals surface area contributed by atoms with E-state index in [1.165, 1.54) is 0 Å². The maximum atomic E-state index is 12.2. The van der Waals surface area contributed by atoms with Gasteiger partial charge in [-0.05, 0) is 47.8 Å². The minimum absolute atomic E-state index is 0.0151. The van der Waals surface area contributed by atoms with Crippen LogP contribution in [0.15, 0.2) is 18.2 Å². The van der Waals surface area contributed by atoms with E-state index in [0.717, 1.165) is 44.6 Å². The number of nitrogens with one attached hydrogen (secondary N) is 1. The first kappa shape index (κ1) is 19.4. The summed E-state index contributed by atoms with van der Waals surface area (Å²) in [4.78, 5) is 7.61. The highest BCUT2D eigenvalue weighted by Crippen LogP contribution is 2.24. The average molecular weight is 345 g/mol. The zero-order valence-corrected chi connectivity index (χ0v) is 16.2. The summed E-state index contributed by atoms with van der Waals surface area (Å²) in [6, 6.07) is 5.76. The second-order valence-corrected chi connectivity index (χ2v) is 7.53. The van der Waals surface area contributed by atoms with Gasteiger partial charge in [-0.25, -0.2) is 4.98 Å². The van der Waals surface area contributed by atoms with Crippen molar-refractivity contribution in [1.82, 2.24) is 15.0 Å². The van der Waals surface area contributed by atoms with E-state index in [2.05, 4.69) is 54.9 Å². The molecule has 1 aromatic carbocycles. The first-order valence-corrected chi connectivity index (χ1v) is 9.23. The number of nitrogens with zero attached hydrogens (tertiary/aromatic N) is 4. The van der Waals surface area contributed by atoms with Crippen molar-refractivity contribution in [1.29, 1.82) is 0 Å². The van der Waals surface area contributed by atoms with E-state index in [0.29, 0.717) is 21.8 Å². The second-order valence-electron chi connectivity index (χ2n) is 7.53. The number of hydrogen-bond donors (Lipinski definition) is 1.